The van der Waals surface area contributed by atoms with Crippen LogP contribution >= 0.6 is 0 Å². The van der Waals surface area contributed by atoms with Crippen LogP contribution in [0.1, 0.15) is 27.0 Å². The zero-order valence-electron chi connectivity index (χ0n) is 20.4. The molecule has 1 aliphatic carbocycles. The van der Waals surface area contributed by atoms with Gasteiger partial charge in [0.15, 0.2) is 28.8 Å². The van der Waals surface area contributed by atoms with Crippen LogP contribution in [0.5, 0.6) is 23.0 Å². The fraction of sp³-hybridized carbons (Fsp3) is 0.500. The summed E-state index contributed by atoms with van der Waals surface area (Å²) in [5.74, 6) is 1.46. The topological polar surface area (TPSA) is 147 Å². The molecule has 0 saturated carbocycles. The van der Waals surface area contributed by atoms with Gasteiger partial charge in [0.25, 0.3) is 0 Å². The van der Waals surface area contributed by atoms with Gasteiger partial charge in [-0.15, -0.1) is 0 Å². The molecule has 0 amide bonds. The van der Waals surface area contributed by atoms with Crippen LogP contribution in [0.2, 0.25) is 0 Å². The van der Waals surface area contributed by atoms with Crippen LogP contribution < -0.4 is 18.9 Å². The molecular formula is C26H29NO10. The molecule has 3 aliphatic heterocycles. The number of benzene rings is 2. The Morgan fingerprint density at radius 1 is 1.08 bits per heavy atom. The highest BCUT2D eigenvalue weighted by Gasteiger charge is 2.54. The van der Waals surface area contributed by atoms with Gasteiger partial charge < -0.3 is 44.1 Å². The monoisotopic (exact) mass is 515 g/mol. The Labute approximate surface area is 212 Å². The normalized spacial score (nSPS) is 32.4. The highest BCUT2D eigenvalue weighted by Crippen LogP contribution is 2.52. The van der Waals surface area contributed by atoms with Crippen molar-refractivity contribution in [2.24, 2.45) is 0 Å². The van der Waals surface area contributed by atoms with Crippen LogP contribution in [0.15, 0.2) is 24.3 Å². The number of fused-ring (bicyclic) bond motifs is 5. The van der Waals surface area contributed by atoms with E-state index in [-0.39, 0.29) is 18.3 Å². The first-order valence-electron chi connectivity index (χ1n) is 12.2. The lowest BCUT2D eigenvalue weighted by Gasteiger charge is -2.43. The van der Waals surface area contributed by atoms with Gasteiger partial charge in [0.05, 0.1) is 19.3 Å². The van der Waals surface area contributed by atoms with E-state index in [1.54, 1.807) is 6.07 Å². The summed E-state index contributed by atoms with van der Waals surface area (Å²) in [5, 5.41) is 40.4. The second-order valence-corrected chi connectivity index (χ2v) is 9.85. The lowest BCUT2D eigenvalue weighted by atomic mass is 9.77. The zero-order chi connectivity index (χ0) is 26.1. The first kappa shape index (κ1) is 24.4. The summed E-state index contributed by atoms with van der Waals surface area (Å²) in [5.41, 5.74) is 2.01. The molecule has 0 radical (unpaired) electrons. The number of likely N-dealkylation sites (N-methyl/N-ethyl adjacent to an activating group) is 1. The van der Waals surface area contributed by atoms with Crippen molar-refractivity contribution in [3.8, 4) is 23.0 Å². The Morgan fingerprint density at radius 3 is 2.65 bits per heavy atom. The molecule has 0 bridgehead atoms. The van der Waals surface area contributed by atoms with Gasteiger partial charge in [0.1, 0.15) is 30.0 Å². The van der Waals surface area contributed by atoms with Crippen molar-refractivity contribution >= 4 is 5.78 Å². The average molecular weight is 516 g/mol. The number of methoxy groups -OCH3 is 1. The Kier molecular flexibility index (Phi) is 5.82. The molecule has 3 heterocycles. The van der Waals surface area contributed by atoms with E-state index in [0.717, 1.165) is 16.7 Å². The van der Waals surface area contributed by atoms with Crippen molar-refractivity contribution in [2.75, 3.05) is 34.1 Å². The third-order valence-corrected chi connectivity index (χ3v) is 7.97. The second kappa shape index (κ2) is 8.83. The minimum absolute atomic E-state index is 0.0623. The standard InChI is InChI=1S/C26H29NO10/c1-27-6-5-12-7-16(33-2)17(36-25-22(31)21(30)20(29)18(10-28)37-25)8-14(12)26(27)9-13-3-4-15-23(35-11-34-15)19(13)24(26)32/h3-4,7-8,18,20-22,25,28-31H,5-6,9-11H2,1-2H3/t18-,20-,21-,22-,25-,26-/m0/s1. The fourth-order valence-corrected chi connectivity index (χ4v) is 5.92. The molecule has 198 valence electrons. The largest absolute Gasteiger partial charge is 0.493 e. The summed E-state index contributed by atoms with van der Waals surface area (Å²) >= 11 is 0. The van der Waals surface area contributed by atoms with Crippen molar-refractivity contribution in [2.45, 2.75) is 49.1 Å². The van der Waals surface area contributed by atoms with Crippen molar-refractivity contribution in [1.82, 2.24) is 4.90 Å². The van der Waals surface area contributed by atoms with E-state index in [1.807, 2.05) is 30.1 Å². The smallest absolute Gasteiger partial charge is 0.231 e. The quantitative estimate of drug-likeness (QED) is 0.426. The fourth-order valence-electron chi connectivity index (χ4n) is 5.92. The molecule has 0 unspecified atom stereocenters. The number of ketones is 1. The summed E-state index contributed by atoms with van der Waals surface area (Å²) in [4.78, 5) is 16.2. The van der Waals surface area contributed by atoms with Crippen LogP contribution in [0, 0.1) is 0 Å². The number of carbonyl (C=O) groups is 1. The third-order valence-electron chi connectivity index (χ3n) is 7.97. The van der Waals surface area contributed by atoms with E-state index in [0.29, 0.717) is 42.2 Å². The summed E-state index contributed by atoms with van der Waals surface area (Å²) in [6, 6.07) is 7.24. The molecule has 11 heteroatoms. The maximum absolute atomic E-state index is 14.2. The number of hydrogen-bond donors (Lipinski definition) is 4. The van der Waals surface area contributed by atoms with Crippen LogP contribution in [0.3, 0.4) is 0 Å². The second-order valence-electron chi connectivity index (χ2n) is 9.85. The number of hydrogen-bond acceptors (Lipinski definition) is 11. The molecule has 4 N–H and O–H groups in total. The van der Waals surface area contributed by atoms with Crippen molar-refractivity contribution < 1.29 is 48.9 Å². The molecule has 2 aromatic rings. The van der Waals surface area contributed by atoms with Crippen LogP contribution in [-0.4, -0.2) is 95.9 Å². The van der Waals surface area contributed by atoms with Gasteiger partial charge >= 0.3 is 0 Å². The van der Waals surface area contributed by atoms with E-state index in [1.165, 1.54) is 7.11 Å². The molecule has 1 fully saturated rings. The summed E-state index contributed by atoms with van der Waals surface area (Å²) in [7, 11) is 3.39. The number of aliphatic hydroxyl groups excluding tert-OH is 4. The first-order valence-corrected chi connectivity index (χ1v) is 12.2. The average Bonchev–Trinajstić information content (AvgIpc) is 3.49. The molecule has 6 atom stereocenters. The Morgan fingerprint density at radius 2 is 1.89 bits per heavy atom. The van der Waals surface area contributed by atoms with Gasteiger partial charge in [-0.05, 0) is 48.4 Å². The van der Waals surface area contributed by atoms with E-state index in [2.05, 4.69) is 0 Å². The van der Waals surface area contributed by atoms with Gasteiger partial charge in [-0.3, -0.25) is 9.69 Å². The van der Waals surface area contributed by atoms with Crippen LogP contribution in [0.25, 0.3) is 0 Å². The molecular weight excluding hydrogens is 486 g/mol. The minimum Gasteiger partial charge on any atom is -0.493 e. The van der Waals surface area contributed by atoms with Gasteiger partial charge in [-0.25, -0.2) is 0 Å². The van der Waals surface area contributed by atoms with Gasteiger partial charge in [0, 0.05) is 13.0 Å². The molecule has 2 aromatic carbocycles. The van der Waals surface area contributed by atoms with Gasteiger partial charge in [0.2, 0.25) is 13.1 Å². The van der Waals surface area contributed by atoms with E-state index in [4.69, 9.17) is 23.7 Å². The highest BCUT2D eigenvalue weighted by atomic mass is 16.7. The lowest BCUT2D eigenvalue weighted by molar-refractivity contribution is -0.277. The molecule has 0 aromatic heterocycles. The zero-order valence-corrected chi connectivity index (χ0v) is 20.4. The highest BCUT2D eigenvalue weighted by molar-refractivity contribution is 6.11. The summed E-state index contributed by atoms with van der Waals surface area (Å²) < 4.78 is 28.2. The van der Waals surface area contributed by atoms with Crippen LogP contribution in [0.4, 0.5) is 0 Å². The van der Waals surface area contributed by atoms with Gasteiger partial charge in [-0.1, -0.05) is 6.07 Å². The molecule has 6 rings (SSSR count). The van der Waals surface area contributed by atoms with E-state index >= 15 is 0 Å². The molecule has 1 saturated heterocycles. The lowest BCUT2D eigenvalue weighted by Crippen LogP contribution is -2.60. The first-order chi connectivity index (χ1) is 17.8. The Bertz CT molecular complexity index is 1250. The van der Waals surface area contributed by atoms with Crippen molar-refractivity contribution in [1.29, 1.82) is 0 Å². The third kappa shape index (κ3) is 3.46. The van der Waals surface area contributed by atoms with E-state index < -0.39 is 42.9 Å². The van der Waals surface area contributed by atoms with Crippen LogP contribution in [-0.2, 0) is 23.1 Å². The number of nitrogens with zero attached hydrogens (tertiary/aromatic N) is 1. The number of Topliss-reactive ketones (excluding diaryl/α,β-unsaturated/α-hetero) is 1. The van der Waals surface area contributed by atoms with Crippen molar-refractivity contribution in [3.05, 3.63) is 46.5 Å². The number of rotatable bonds is 4. The predicted octanol–water partition coefficient (Wildman–Crippen LogP) is -0.275. The summed E-state index contributed by atoms with van der Waals surface area (Å²) in [6.45, 7) is 0.123. The maximum Gasteiger partial charge on any atom is 0.231 e. The SMILES string of the molecule is COc1cc2c(cc1O[C@H]1O[C@@H](CO)[C@H](O)[C@H](O)[C@@H]1O)[C@]1(Cc3ccc4c(c3C1=O)OCO4)N(C)CC2. The Hall–Kier alpha value is -2.93. The maximum atomic E-state index is 14.2. The number of ether oxygens (including phenoxy) is 5. The van der Waals surface area contributed by atoms with Gasteiger partial charge in [-0.2, -0.15) is 0 Å². The summed E-state index contributed by atoms with van der Waals surface area (Å²) in [6.07, 6.45) is -6.12. The Balaban J connectivity index is 1.42. The molecule has 37 heavy (non-hydrogen) atoms. The molecule has 1 spiro atoms. The van der Waals surface area contributed by atoms with Crippen molar-refractivity contribution in [3.63, 3.8) is 0 Å². The number of carbonyl (C=O) groups excluding carboxylic acids is 1. The predicted molar refractivity (Wildman–Crippen MR) is 126 cm³/mol. The molecule has 11 nitrogen and oxygen atoms in total. The number of aliphatic hydroxyl groups is 4. The molecule has 4 aliphatic rings. The minimum atomic E-state index is -1.59. The van der Waals surface area contributed by atoms with E-state index in [9.17, 15) is 25.2 Å².